The van der Waals surface area contributed by atoms with Crippen LogP contribution >= 0.6 is 11.3 Å². The SMILES string of the molecule is CC(=O)Nc1sc2c(c1C(=O)OC(C)C(=O)Nc1ccc(C#N)cc1)CCCC2. The van der Waals surface area contributed by atoms with Gasteiger partial charge in [0.25, 0.3) is 5.91 Å². The molecule has 1 heterocycles. The number of anilines is 2. The van der Waals surface area contributed by atoms with E-state index in [0.717, 1.165) is 36.1 Å². The topological polar surface area (TPSA) is 108 Å². The Balaban J connectivity index is 1.73. The number of carbonyl (C=O) groups is 3. The number of nitrogens with one attached hydrogen (secondary N) is 2. The first-order valence-electron chi connectivity index (χ1n) is 9.33. The highest BCUT2D eigenvalue weighted by atomic mass is 32.1. The van der Waals surface area contributed by atoms with Crippen molar-refractivity contribution in [3.63, 3.8) is 0 Å². The van der Waals surface area contributed by atoms with Crippen LogP contribution in [0.3, 0.4) is 0 Å². The molecule has 7 nitrogen and oxygen atoms in total. The maximum absolute atomic E-state index is 12.8. The summed E-state index contributed by atoms with van der Waals surface area (Å²) in [5.41, 5.74) is 2.26. The fourth-order valence-corrected chi connectivity index (χ4v) is 4.50. The minimum Gasteiger partial charge on any atom is -0.449 e. The maximum Gasteiger partial charge on any atom is 0.342 e. The lowest BCUT2D eigenvalue weighted by Gasteiger charge is -2.16. The first kappa shape index (κ1) is 20.6. The second-order valence-corrected chi connectivity index (χ2v) is 7.93. The number of hydrogen-bond donors (Lipinski definition) is 2. The molecule has 1 atom stereocenters. The lowest BCUT2D eigenvalue weighted by molar-refractivity contribution is -0.123. The van der Waals surface area contributed by atoms with Crippen molar-refractivity contribution in [3.8, 4) is 6.07 Å². The Morgan fingerprint density at radius 3 is 2.48 bits per heavy atom. The number of nitrogens with zero attached hydrogens (tertiary/aromatic N) is 1. The largest absolute Gasteiger partial charge is 0.449 e. The fraction of sp³-hybridized carbons (Fsp3) is 0.333. The van der Waals surface area contributed by atoms with Gasteiger partial charge in [0.15, 0.2) is 6.10 Å². The van der Waals surface area contributed by atoms with Crippen LogP contribution < -0.4 is 10.6 Å². The molecule has 1 aliphatic carbocycles. The summed E-state index contributed by atoms with van der Waals surface area (Å²) in [6, 6.07) is 8.39. The van der Waals surface area contributed by atoms with E-state index in [9.17, 15) is 14.4 Å². The Labute approximate surface area is 172 Å². The molecule has 150 valence electrons. The number of thiophene rings is 1. The number of carbonyl (C=O) groups excluding carboxylic acids is 3. The van der Waals surface area contributed by atoms with E-state index >= 15 is 0 Å². The van der Waals surface area contributed by atoms with Gasteiger partial charge >= 0.3 is 5.97 Å². The Morgan fingerprint density at radius 2 is 1.83 bits per heavy atom. The number of fused-ring (bicyclic) bond motifs is 1. The van der Waals surface area contributed by atoms with Crippen LogP contribution in [0, 0.1) is 11.3 Å². The lowest BCUT2D eigenvalue weighted by Crippen LogP contribution is -2.30. The predicted molar refractivity (Wildman–Crippen MR) is 110 cm³/mol. The average Bonchev–Trinajstić information content (AvgIpc) is 3.05. The third-order valence-corrected chi connectivity index (χ3v) is 5.81. The molecule has 8 heteroatoms. The molecule has 2 N–H and O–H groups in total. The van der Waals surface area contributed by atoms with E-state index in [0.29, 0.717) is 21.8 Å². The van der Waals surface area contributed by atoms with E-state index < -0.39 is 18.0 Å². The van der Waals surface area contributed by atoms with Gasteiger partial charge in [0.1, 0.15) is 5.00 Å². The number of nitriles is 1. The molecule has 29 heavy (non-hydrogen) atoms. The maximum atomic E-state index is 12.8. The molecular formula is C21H21N3O4S. The molecule has 0 saturated heterocycles. The highest BCUT2D eigenvalue weighted by molar-refractivity contribution is 7.17. The van der Waals surface area contributed by atoms with Crippen molar-refractivity contribution in [1.29, 1.82) is 5.26 Å². The van der Waals surface area contributed by atoms with E-state index in [4.69, 9.17) is 10.00 Å². The summed E-state index contributed by atoms with van der Waals surface area (Å²) in [4.78, 5) is 37.9. The molecule has 0 spiro atoms. The number of rotatable bonds is 5. The van der Waals surface area contributed by atoms with Crippen LogP contribution in [0.1, 0.15) is 53.1 Å². The van der Waals surface area contributed by atoms with Crippen LogP contribution in [0.25, 0.3) is 0 Å². The first-order valence-corrected chi connectivity index (χ1v) is 10.1. The fourth-order valence-electron chi connectivity index (χ4n) is 3.17. The molecule has 1 aliphatic rings. The van der Waals surface area contributed by atoms with Gasteiger partial charge in [0.05, 0.1) is 17.2 Å². The molecule has 0 fully saturated rings. The van der Waals surface area contributed by atoms with Crippen molar-refractivity contribution in [2.24, 2.45) is 0 Å². The van der Waals surface area contributed by atoms with Gasteiger partial charge in [-0.15, -0.1) is 11.3 Å². The van der Waals surface area contributed by atoms with E-state index in [-0.39, 0.29) is 5.91 Å². The smallest absolute Gasteiger partial charge is 0.342 e. The molecule has 0 radical (unpaired) electrons. The zero-order valence-electron chi connectivity index (χ0n) is 16.2. The molecule has 2 amide bonds. The van der Waals surface area contributed by atoms with Crippen molar-refractivity contribution < 1.29 is 19.1 Å². The van der Waals surface area contributed by atoms with Gasteiger partial charge in [-0.2, -0.15) is 5.26 Å². The highest BCUT2D eigenvalue weighted by Gasteiger charge is 2.29. The van der Waals surface area contributed by atoms with E-state index in [1.807, 2.05) is 6.07 Å². The second-order valence-electron chi connectivity index (χ2n) is 6.82. The van der Waals surface area contributed by atoms with Crippen LogP contribution in [0.4, 0.5) is 10.7 Å². The first-order chi connectivity index (χ1) is 13.9. The van der Waals surface area contributed by atoms with Crippen LogP contribution in [0.2, 0.25) is 0 Å². The molecule has 0 aliphatic heterocycles. The molecular weight excluding hydrogens is 390 g/mol. The van der Waals surface area contributed by atoms with Gasteiger partial charge in [0, 0.05) is 17.5 Å². The van der Waals surface area contributed by atoms with Crippen LogP contribution in [0.5, 0.6) is 0 Å². The monoisotopic (exact) mass is 411 g/mol. The number of ether oxygens (including phenoxy) is 1. The predicted octanol–water partition coefficient (Wildman–Crippen LogP) is 3.64. The quantitative estimate of drug-likeness (QED) is 0.730. The minimum atomic E-state index is -1.03. The van der Waals surface area contributed by atoms with Gasteiger partial charge in [-0.05, 0) is 62.4 Å². The van der Waals surface area contributed by atoms with Gasteiger partial charge in [-0.3, -0.25) is 9.59 Å². The van der Waals surface area contributed by atoms with Crippen molar-refractivity contribution in [2.75, 3.05) is 10.6 Å². The second kappa shape index (κ2) is 8.88. The molecule has 1 unspecified atom stereocenters. The van der Waals surface area contributed by atoms with Crippen molar-refractivity contribution in [2.45, 2.75) is 45.6 Å². The standard InChI is InChI=1S/C21H21N3O4S/c1-12(19(26)24-15-9-7-14(11-22)8-10-15)28-21(27)18-16-5-3-4-6-17(16)29-20(18)23-13(2)25/h7-10,12H,3-6H2,1-2H3,(H,23,25)(H,24,26). The third kappa shape index (κ3) is 4.81. The van der Waals surface area contributed by atoms with Crippen molar-refractivity contribution in [1.82, 2.24) is 0 Å². The Morgan fingerprint density at radius 1 is 1.14 bits per heavy atom. The zero-order valence-corrected chi connectivity index (χ0v) is 17.0. The summed E-state index contributed by atoms with van der Waals surface area (Å²) < 4.78 is 5.41. The summed E-state index contributed by atoms with van der Waals surface area (Å²) in [5.74, 6) is -1.35. The van der Waals surface area contributed by atoms with Crippen molar-refractivity contribution in [3.05, 3.63) is 45.8 Å². The summed E-state index contributed by atoms with van der Waals surface area (Å²) in [6.07, 6.45) is 2.61. The Bertz CT molecular complexity index is 989. The number of amides is 2. The highest BCUT2D eigenvalue weighted by Crippen LogP contribution is 2.38. The number of esters is 1. The van der Waals surface area contributed by atoms with Crippen LogP contribution in [-0.4, -0.2) is 23.9 Å². The summed E-state index contributed by atoms with van der Waals surface area (Å²) in [6.45, 7) is 2.88. The molecule has 3 rings (SSSR count). The molecule has 0 saturated carbocycles. The zero-order chi connectivity index (χ0) is 21.0. The van der Waals surface area contributed by atoms with Gasteiger partial charge in [0.2, 0.25) is 5.91 Å². The van der Waals surface area contributed by atoms with Gasteiger partial charge in [-0.25, -0.2) is 4.79 Å². The molecule has 1 aromatic heterocycles. The Kier molecular flexibility index (Phi) is 6.29. The van der Waals surface area contributed by atoms with E-state index in [2.05, 4.69) is 10.6 Å². The third-order valence-electron chi connectivity index (χ3n) is 4.60. The average molecular weight is 411 g/mol. The number of benzene rings is 1. The summed E-state index contributed by atoms with van der Waals surface area (Å²) in [5, 5.41) is 14.7. The van der Waals surface area contributed by atoms with Gasteiger partial charge in [-0.1, -0.05) is 0 Å². The van der Waals surface area contributed by atoms with E-state index in [1.165, 1.54) is 25.2 Å². The Hall–Kier alpha value is -3.18. The summed E-state index contributed by atoms with van der Waals surface area (Å²) >= 11 is 1.40. The minimum absolute atomic E-state index is 0.260. The number of aryl methyl sites for hydroxylation is 1. The van der Waals surface area contributed by atoms with Crippen molar-refractivity contribution >= 4 is 39.8 Å². The molecule has 1 aromatic carbocycles. The van der Waals surface area contributed by atoms with Crippen LogP contribution in [-0.2, 0) is 27.2 Å². The summed E-state index contributed by atoms with van der Waals surface area (Å²) in [7, 11) is 0. The van der Waals surface area contributed by atoms with Gasteiger partial charge < -0.3 is 15.4 Å². The molecule has 2 aromatic rings. The lowest BCUT2D eigenvalue weighted by atomic mass is 9.95. The normalized spacial score (nSPS) is 13.6. The van der Waals surface area contributed by atoms with Crippen LogP contribution in [0.15, 0.2) is 24.3 Å². The van der Waals surface area contributed by atoms with E-state index in [1.54, 1.807) is 24.3 Å². The molecule has 0 bridgehead atoms. The number of hydrogen-bond acceptors (Lipinski definition) is 6.